The van der Waals surface area contributed by atoms with E-state index in [1.165, 1.54) is 24.9 Å². The third kappa shape index (κ3) is 2.85. The van der Waals surface area contributed by atoms with E-state index in [0.717, 1.165) is 19.0 Å². The van der Waals surface area contributed by atoms with Crippen LogP contribution in [0.3, 0.4) is 0 Å². The minimum atomic E-state index is 0.559. The van der Waals surface area contributed by atoms with Crippen molar-refractivity contribution < 1.29 is 0 Å². The van der Waals surface area contributed by atoms with Gasteiger partial charge in [-0.2, -0.15) is 0 Å². The van der Waals surface area contributed by atoms with E-state index in [1.54, 1.807) is 0 Å². The van der Waals surface area contributed by atoms with E-state index in [4.69, 9.17) is 0 Å². The smallest absolute Gasteiger partial charge is 0.0389 e. The van der Waals surface area contributed by atoms with E-state index in [-0.39, 0.29) is 0 Å². The van der Waals surface area contributed by atoms with Crippen LogP contribution >= 0.6 is 0 Å². The van der Waals surface area contributed by atoms with Gasteiger partial charge in [0.05, 0.1) is 0 Å². The summed E-state index contributed by atoms with van der Waals surface area (Å²) < 4.78 is 0. The van der Waals surface area contributed by atoms with Crippen molar-refractivity contribution in [1.29, 1.82) is 0 Å². The highest BCUT2D eigenvalue weighted by molar-refractivity contribution is 5.17. The molecule has 2 atom stereocenters. The Hall–Kier alpha value is -0.930. The fourth-order valence-corrected chi connectivity index (χ4v) is 3.03. The van der Waals surface area contributed by atoms with Crippen molar-refractivity contribution in [3.05, 3.63) is 30.1 Å². The summed E-state index contributed by atoms with van der Waals surface area (Å²) in [4.78, 5) is 6.73. The second-order valence-electron chi connectivity index (χ2n) is 4.81. The number of rotatable bonds is 4. The van der Waals surface area contributed by atoms with Crippen LogP contribution in [-0.4, -0.2) is 36.6 Å². The number of hydrogen-bond donors (Lipinski definition) is 1. The third-order valence-corrected chi connectivity index (χ3v) is 3.78. The molecule has 0 aliphatic carbocycles. The highest BCUT2D eigenvalue weighted by Gasteiger charge is 2.30. The SMILES string of the molecule is CCN1CCCC(CNC)C1c1ccncc1. The molecule has 94 valence electrons. The third-order valence-electron chi connectivity index (χ3n) is 3.78. The molecule has 0 aromatic carbocycles. The van der Waals surface area contributed by atoms with Gasteiger partial charge in [0, 0.05) is 18.4 Å². The molecule has 2 heterocycles. The lowest BCUT2D eigenvalue weighted by Gasteiger charge is -2.41. The van der Waals surface area contributed by atoms with Crippen LogP contribution in [0.1, 0.15) is 31.4 Å². The molecule has 0 spiro atoms. The number of aromatic nitrogens is 1. The van der Waals surface area contributed by atoms with Crippen LogP contribution in [0.25, 0.3) is 0 Å². The number of piperidine rings is 1. The lowest BCUT2D eigenvalue weighted by Crippen LogP contribution is -2.41. The van der Waals surface area contributed by atoms with Crippen molar-refractivity contribution in [2.75, 3.05) is 26.7 Å². The Morgan fingerprint density at radius 2 is 2.18 bits per heavy atom. The molecular formula is C14H23N3. The van der Waals surface area contributed by atoms with Crippen LogP contribution in [0, 0.1) is 5.92 Å². The van der Waals surface area contributed by atoms with Crippen molar-refractivity contribution in [3.63, 3.8) is 0 Å². The van der Waals surface area contributed by atoms with Gasteiger partial charge in [-0.25, -0.2) is 0 Å². The topological polar surface area (TPSA) is 28.2 Å². The summed E-state index contributed by atoms with van der Waals surface area (Å²) in [6, 6.07) is 4.90. The summed E-state index contributed by atoms with van der Waals surface area (Å²) in [6.07, 6.45) is 6.47. The summed E-state index contributed by atoms with van der Waals surface area (Å²) in [5, 5.41) is 3.34. The summed E-state index contributed by atoms with van der Waals surface area (Å²) in [7, 11) is 2.05. The first kappa shape index (κ1) is 12.5. The molecule has 1 saturated heterocycles. The molecule has 1 aliphatic rings. The molecule has 0 saturated carbocycles. The molecule has 0 amide bonds. The van der Waals surface area contributed by atoms with Gasteiger partial charge < -0.3 is 5.32 Å². The van der Waals surface area contributed by atoms with Gasteiger partial charge >= 0.3 is 0 Å². The van der Waals surface area contributed by atoms with Crippen LogP contribution in [-0.2, 0) is 0 Å². The average Bonchev–Trinajstić information content (AvgIpc) is 2.40. The van der Waals surface area contributed by atoms with Gasteiger partial charge in [-0.05, 0) is 63.1 Å². The predicted octanol–water partition coefficient (Wildman–Crippen LogP) is 2.07. The minimum absolute atomic E-state index is 0.559. The first-order chi connectivity index (χ1) is 8.36. The van der Waals surface area contributed by atoms with Crippen LogP contribution < -0.4 is 5.32 Å². The van der Waals surface area contributed by atoms with Crippen molar-refractivity contribution in [2.24, 2.45) is 5.92 Å². The van der Waals surface area contributed by atoms with Gasteiger partial charge in [0.25, 0.3) is 0 Å². The molecule has 1 fully saturated rings. The Morgan fingerprint density at radius 3 is 2.82 bits per heavy atom. The van der Waals surface area contributed by atoms with Crippen molar-refractivity contribution >= 4 is 0 Å². The van der Waals surface area contributed by atoms with Gasteiger partial charge in [0.1, 0.15) is 0 Å². The molecule has 1 aromatic heterocycles. The lowest BCUT2D eigenvalue weighted by molar-refractivity contribution is 0.0981. The number of likely N-dealkylation sites (tertiary alicyclic amines) is 1. The molecule has 3 heteroatoms. The zero-order valence-electron chi connectivity index (χ0n) is 10.9. The van der Waals surface area contributed by atoms with Gasteiger partial charge in [-0.15, -0.1) is 0 Å². The predicted molar refractivity (Wildman–Crippen MR) is 70.9 cm³/mol. The van der Waals surface area contributed by atoms with E-state index < -0.39 is 0 Å². The number of nitrogens with one attached hydrogen (secondary N) is 1. The van der Waals surface area contributed by atoms with Crippen LogP contribution in [0.15, 0.2) is 24.5 Å². The molecule has 0 radical (unpaired) electrons. The number of pyridine rings is 1. The van der Waals surface area contributed by atoms with Crippen LogP contribution in [0.4, 0.5) is 0 Å². The number of nitrogens with zero attached hydrogens (tertiary/aromatic N) is 2. The first-order valence-electron chi connectivity index (χ1n) is 6.65. The molecule has 3 nitrogen and oxygen atoms in total. The van der Waals surface area contributed by atoms with Crippen molar-refractivity contribution in [3.8, 4) is 0 Å². The fraction of sp³-hybridized carbons (Fsp3) is 0.643. The highest BCUT2D eigenvalue weighted by atomic mass is 15.2. The fourth-order valence-electron chi connectivity index (χ4n) is 3.03. The molecule has 17 heavy (non-hydrogen) atoms. The average molecular weight is 233 g/mol. The summed E-state index contributed by atoms with van der Waals surface area (Å²) in [5.41, 5.74) is 1.42. The van der Waals surface area contributed by atoms with Gasteiger partial charge in [-0.1, -0.05) is 6.92 Å². The largest absolute Gasteiger partial charge is 0.319 e. The Morgan fingerprint density at radius 1 is 1.41 bits per heavy atom. The Labute approximate surface area is 104 Å². The first-order valence-corrected chi connectivity index (χ1v) is 6.65. The van der Waals surface area contributed by atoms with E-state index in [0.29, 0.717) is 6.04 Å². The Balaban J connectivity index is 2.22. The lowest BCUT2D eigenvalue weighted by atomic mass is 9.85. The minimum Gasteiger partial charge on any atom is -0.319 e. The van der Waals surface area contributed by atoms with Crippen LogP contribution in [0.2, 0.25) is 0 Å². The normalized spacial score (nSPS) is 26.0. The van der Waals surface area contributed by atoms with Gasteiger partial charge in [-0.3, -0.25) is 9.88 Å². The maximum absolute atomic E-state index is 4.13. The second kappa shape index (κ2) is 6.12. The Bertz CT molecular complexity index is 323. The highest BCUT2D eigenvalue weighted by Crippen LogP contribution is 2.35. The summed E-state index contributed by atoms with van der Waals surface area (Å²) in [6.45, 7) is 5.72. The van der Waals surface area contributed by atoms with Gasteiger partial charge in [0.15, 0.2) is 0 Å². The zero-order chi connectivity index (χ0) is 12.1. The van der Waals surface area contributed by atoms with E-state index >= 15 is 0 Å². The number of hydrogen-bond acceptors (Lipinski definition) is 3. The van der Waals surface area contributed by atoms with Crippen molar-refractivity contribution in [2.45, 2.75) is 25.8 Å². The molecule has 2 rings (SSSR count). The quantitative estimate of drug-likeness (QED) is 0.863. The Kier molecular flexibility index (Phi) is 4.51. The van der Waals surface area contributed by atoms with E-state index in [9.17, 15) is 0 Å². The summed E-state index contributed by atoms with van der Waals surface area (Å²) in [5.74, 6) is 0.719. The monoisotopic (exact) mass is 233 g/mol. The van der Waals surface area contributed by atoms with Gasteiger partial charge in [0.2, 0.25) is 0 Å². The molecule has 0 bridgehead atoms. The van der Waals surface area contributed by atoms with E-state index in [1.807, 2.05) is 12.4 Å². The van der Waals surface area contributed by atoms with Crippen LogP contribution in [0.5, 0.6) is 0 Å². The second-order valence-corrected chi connectivity index (χ2v) is 4.81. The molecule has 1 N–H and O–H groups in total. The molecule has 1 aliphatic heterocycles. The molecular weight excluding hydrogens is 210 g/mol. The summed E-state index contributed by atoms with van der Waals surface area (Å²) >= 11 is 0. The maximum atomic E-state index is 4.13. The van der Waals surface area contributed by atoms with E-state index in [2.05, 4.69) is 41.3 Å². The maximum Gasteiger partial charge on any atom is 0.0389 e. The molecule has 1 aromatic rings. The molecule has 2 unspecified atom stereocenters. The van der Waals surface area contributed by atoms with Crippen molar-refractivity contribution in [1.82, 2.24) is 15.2 Å². The zero-order valence-corrected chi connectivity index (χ0v) is 10.9. The standard InChI is InChI=1S/C14H23N3/c1-3-17-10-4-5-13(11-15-2)14(17)12-6-8-16-9-7-12/h6-9,13-15H,3-5,10-11H2,1-2H3.